The van der Waals surface area contributed by atoms with Crippen LogP contribution in [0.4, 0.5) is 0 Å². The van der Waals surface area contributed by atoms with Gasteiger partial charge < -0.3 is 5.32 Å². The van der Waals surface area contributed by atoms with Crippen molar-refractivity contribution in [1.29, 1.82) is 0 Å². The fourth-order valence-corrected chi connectivity index (χ4v) is 3.79. The average Bonchev–Trinajstić information content (AvgIpc) is 2.25. The fraction of sp³-hybridized carbons (Fsp3) is 1.00. The summed E-state index contributed by atoms with van der Waals surface area (Å²) in [6.07, 6.45) is 5.05. The molecule has 0 saturated carbocycles. The minimum atomic E-state index is -3.06. The molecule has 0 aromatic carbocycles. The number of hydrogen-bond acceptors (Lipinski definition) is 4. The molecule has 1 saturated heterocycles. The Balaban J connectivity index is 2.22. The predicted octanol–water partition coefficient (Wildman–Crippen LogP) is 0.658. The second kappa shape index (κ2) is 7.53. The first kappa shape index (κ1) is 14.3. The SMILES string of the molecule is CSCCCNS(=O)(=O)CC1CCCNC1. The third kappa shape index (κ3) is 6.08. The maximum atomic E-state index is 11.7. The smallest absolute Gasteiger partial charge is 0.211 e. The minimum Gasteiger partial charge on any atom is -0.316 e. The number of nitrogens with one attached hydrogen (secondary N) is 2. The van der Waals surface area contributed by atoms with Gasteiger partial charge in [0.25, 0.3) is 0 Å². The van der Waals surface area contributed by atoms with Gasteiger partial charge in [-0.2, -0.15) is 11.8 Å². The first-order chi connectivity index (χ1) is 7.64. The molecule has 1 rings (SSSR count). The average molecular weight is 266 g/mol. The van der Waals surface area contributed by atoms with E-state index in [-0.39, 0.29) is 11.7 Å². The largest absolute Gasteiger partial charge is 0.316 e. The summed E-state index contributed by atoms with van der Waals surface area (Å²) in [7, 11) is -3.06. The Morgan fingerprint density at radius 3 is 2.94 bits per heavy atom. The molecule has 0 aromatic rings. The first-order valence-electron chi connectivity index (χ1n) is 5.81. The van der Waals surface area contributed by atoms with Gasteiger partial charge in [0.1, 0.15) is 0 Å². The number of rotatable bonds is 7. The summed E-state index contributed by atoms with van der Waals surface area (Å²) in [6, 6.07) is 0. The zero-order valence-corrected chi connectivity index (χ0v) is 11.5. The van der Waals surface area contributed by atoms with Gasteiger partial charge in [0.05, 0.1) is 5.75 Å². The van der Waals surface area contributed by atoms with Crippen molar-refractivity contribution in [2.75, 3.05) is 37.4 Å². The van der Waals surface area contributed by atoms with Crippen LogP contribution in [0.25, 0.3) is 0 Å². The molecule has 1 aliphatic heterocycles. The molecule has 1 heterocycles. The highest BCUT2D eigenvalue weighted by Crippen LogP contribution is 2.11. The highest BCUT2D eigenvalue weighted by Gasteiger charge is 2.20. The van der Waals surface area contributed by atoms with Gasteiger partial charge in [-0.3, -0.25) is 0 Å². The van der Waals surface area contributed by atoms with Gasteiger partial charge in [0.2, 0.25) is 10.0 Å². The third-order valence-corrected chi connectivity index (χ3v) is 4.95. The van der Waals surface area contributed by atoms with Gasteiger partial charge in [-0.15, -0.1) is 0 Å². The van der Waals surface area contributed by atoms with Crippen LogP contribution in [0.5, 0.6) is 0 Å². The molecule has 1 aliphatic rings. The normalized spacial score (nSPS) is 22.2. The van der Waals surface area contributed by atoms with Crippen molar-refractivity contribution in [3.8, 4) is 0 Å². The van der Waals surface area contributed by atoms with Crippen molar-refractivity contribution in [2.24, 2.45) is 5.92 Å². The van der Waals surface area contributed by atoms with Crippen LogP contribution in [0.15, 0.2) is 0 Å². The molecule has 16 heavy (non-hydrogen) atoms. The molecule has 0 spiro atoms. The fourth-order valence-electron chi connectivity index (χ4n) is 1.88. The van der Waals surface area contributed by atoms with E-state index in [9.17, 15) is 8.42 Å². The van der Waals surface area contributed by atoms with Crippen LogP contribution in [-0.4, -0.2) is 45.8 Å². The first-order valence-corrected chi connectivity index (χ1v) is 8.85. The standard InChI is InChI=1S/C10H22N2O2S2/c1-15-7-3-6-12-16(13,14)9-10-4-2-5-11-8-10/h10-12H,2-9H2,1H3. The molecule has 1 unspecified atom stereocenters. The van der Waals surface area contributed by atoms with E-state index in [4.69, 9.17) is 0 Å². The van der Waals surface area contributed by atoms with Gasteiger partial charge in [-0.1, -0.05) is 0 Å². The van der Waals surface area contributed by atoms with Gasteiger partial charge in [-0.05, 0) is 50.3 Å². The number of sulfonamides is 1. The van der Waals surface area contributed by atoms with E-state index in [1.54, 1.807) is 11.8 Å². The molecule has 0 bridgehead atoms. The van der Waals surface area contributed by atoms with E-state index < -0.39 is 10.0 Å². The van der Waals surface area contributed by atoms with Crippen LogP contribution in [-0.2, 0) is 10.0 Å². The Kier molecular flexibility index (Phi) is 6.72. The topological polar surface area (TPSA) is 58.2 Å². The molecular formula is C10H22N2O2S2. The monoisotopic (exact) mass is 266 g/mol. The maximum absolute atomic E-state index is 11.7. The second-order valence-electron chi connectivity index (χ2n) is 4.23. The van der Waals surface area contributed by atoms with Crippen LogP contribution < -0.4 is 10.0 Å². The zero-order valence-electron chi connectivity index (χ0n) is 9.87. The van der Waals surface area contributed by atoms with E-state index in [0.29, 0.717) is 6.54 Å². The maximum Gasteiger partial charge on any atom is 0.211 e. The minimum absolute atomic E-state index is 0.277. The quantitative estimate of drug-likeness (QED) is 0.665. The predicted molar refractivity (Wildman–Crippen MR) is 70.4 cm³/mol. The lowest BCUT2D eigenvalue weighted by Gasteiger charge is -2.22. The lowest BCUT2D eigenvalue weighted by Crippen LogP contribution is -2.37. The molecule has 0 aliphatic carbocycles. The highest BCUT2D eigenvalue weighted by atomic mass is 32.2. The van der Waals surface area contributed by atoms with Gasteiger partial charge in [0.15, 0.2) is 0 Å². The van der Waals surface area contributed by atoms with Crippen molar-refractivity contribution in [2.45, 2.75) is 19.3 Å². The Hall–Kier alpha value is 0.220. The Morgan fingerprint density at radius 2 is 2.31 bits per heavy atom. The Labute approximate surface area is 103 Å². The molecule has 2 N–H and O–H groups in total. The van der Waals surface area contributed by atoms with Crippen molar-refractivity contribution in [1.82, 2.24) is 10.0 Å². The molecule has 0 amide bonds. The van der Waals surface area contributed by atoms with Gasteiger partial charge in [-0.25, -0.2) is 13.1 Å². The van der Waals surface area contributed by atoms with Crippen molar-refractivity contribution in [3.05, 3.63) is 0 Å². The molecular weight excluding hydrogens is 244 g/mol. The van der Waals surface area contributed by atoms with Crippen molar-refractivity contribution >= 4 is 21.8 Å². The zero-order chi connectivity index (χ0) is 11.9. The summed E-state index contributed by atoms with van der Waals surface area (Å²) in [5, 5.41) is 3.24. The third-order valence-electron chi connectivity index (χ3n) is 2.70. The number of hydrogen-bond donors (Lipinski definition) is 2. The second-order valence-corrected chi connectivity index (χ2v) is 7.07. The van der Waals surface area contributed by atoms with E-state index in [2.05, 4.69) is 10.0 Å². The molecule has 1 atom stereocenters. The molecule has 0 radical (unpaired) electrons. The Morgan fingerprint density at radius 1 is 1.50 bits per heavy atom. The van der Waals surface area contributed by atoms with Crippen LogP contribution in [0.3, 0.4) is 0 Å². The summed E-state index contributed by atoms with van der Waals surface area (Å²) in [5.41, 5.74) is 0. The summed E-state index contributed by atoms with van der Waals surface area (Å²) >= 11 is 1.74. The highest BCUT2D eigenvalue weighted by molar-refractivity contribution is 7.98. The van der Waals surface area contributed by atoms with E-state index in [0.717, 1.165) is 38.1 Å². The lowest BCUT2D eigenvalue weighted by atomic mass is 10.0. The van der Waals surface area contributed by atoms with Crippen LogP contribution in [0.1, 0.15) is 19.3 Å². The Bertz CT molecular complexity index is 275. The van der Waals surface area contributed by atoms with Crippen LogP contribution >= 0.6 is 11.8 Å². The molecule has 4 nitrogen and oxygen atoms in total. The van der Waals surface area contributed by atoms with Gasteiger partial charge in [0, 0.05) is 6.54 Å². The molecule has 1 fully saturated rings. The van der Waals surface area contributed by atoms with Crippen molar-refractivity contribution in [3.63, 3.8) is 0 Å². The molecule has 6 heteroatoms. The van der Waals surface area contributed by atoms with E-state index >= 15 is 0 Å². The van der Waals surface area contributed by atoms with Crippen LogP contribution in [0, 0.1) is 5.92 Å². The van der Waals surface area contributed by atoms with E-state index in [1.807, 2.05) is 6.26 Å². The lowest BCUT2D eigenvalue weighted by molar-refractivity contribution is 0.403. The van der Waals surface area contributed by atoms with Crippen molar-refractivity contribution < 1.29 is 8.42 Å². The molecule has 0 aromatic heterocycles. The van der Waals surface area contributed by atoms with Gasteiger partial charge >= 0.3 is 0 Å². The summed E-state index contributed by atoms with van der Waals surface area (Å²) in [4.78, 5) is 0. The van der Waals surface area contributed by atoms with E-state index in [1.165, 1.54) is 0 Å². The number of piperidine rings is 1. The summed E-state index contributed by atoms with van der Waals surface area (Å²) in [5.74, 6) is 1.57. The van der Waals surface area contributed by atoms with Crippen LogP contribution in [0.2, 0.25) is 0 Å². The number of thioether (sulfide) groups is 1. The molecule has 96 valence electrons. The summed E-state index contributed by atoms with van der Waals surface area (Å²) in [6.45, 7) is 2.44. The summed E-state index contributed by atoms with van der Waals surface area (Å²) < 4.78 is 26.1.